The normalized spacial score (nSPS) is 18.1. The Bertz CT molecular complexity index is 588. The lowest BCUT2D eigenvalue weighted by Crippen LogP contribution is -2.39. The predicted octanol–water partition coefficient (Wildman–Crippen LogP) is 4.16. The Kier molecular flexibility index (Phi) is 6.10. The van der Waals surface area contributed by atoms with Crippen LogP contribution in [0.2, 0.25) is 0 Å². The fourth-order valence-electron chi connectivity index (χ4n) is 2.58. The Morgan fingerprint density at radius 1 is 1.39 bits per heavy atom. The highest BCUT2D eigenvalue weighted by Gasteiger charge is 2.25. The maximum Gasteiger partial charge on any atom is 0.254 e. The summed E-state index contributed by atoms with van der Waals surface area (Å²) in [6, 6.07) is 5.85. The topological polar surface area (TPSA) is 49.4 Å². The first-order valence-corrected chi connectivity index (χ1v) is 9.28. The first-order valence-electron chi connectivity index (χ1n) is 8.40. The summed E-state index contributed by atoms with van der Waals surface area (Å²) in [6.07, 6.45) is 3.00. The van der Waals surface area contributed by atoms with E-state index in [-0.39, 0.29) is 23.1 Å². The number of fused-ring (bicyclic) bond motifs is 1. The van der Waals surface area contributed by atoms with Gasteiger partial charge in [-0.2, -0.15) is 0 Å². The maximum absolute atomic E-state index is 12.9. The van der Waals surface area contributed by atoms with Crippen molar-refractivity contribution in [3.63, 3.8) is 0 Å². The van der Waals surface area contributed by atoms with Crippen molar-refractivity contribution in [3.05, 3.63) is 23.8 Å². The van der Waals surface area contributed by atoms with Gasteiger partial charge in [-0.25, -0.2) is 0 Å². The number of rotatable bonds is 6. The molecule has 2 amide bonds. The molecule has 2 rings (SSSR count). The highest BCUT2D eigenvalue weighted by atomic mass is 32.2. The smallest absolute Gasteiger partial charge is 0.254 e. The van der Waals surface area contributed by atoms with Crippen LogP contribution in [0.1, 0.15) is 57.3 Å². The van der Waals surface area contributed by atoms with Crippen molar-refractivity contribution in [2.45, 2.75) is 63.1 Å². The number of nitrogens with zero attached hydrogens (tertiary/aromatic N) is 1. The van der Waals surface area contributed by atoms with E-state index in [9.17, 15) is 9.59 Å². The van der Waals surface area contributed by atoms with Crippen LogP contribution in [0.5, 0.6) is 0 Å². The summed E-state index contributed by atoms with van der Waals surface area (Å²) in [5.41, 5.74) is 1.40. The molecule has 0 saturated heterocycles. The monoisotopic (exact) mass is 334 g/mol. The fourth-order valence-corrected chi connectivity index (χ4v) is 3.51. The van der Waals surface area contributed by atoms with Crippen LogP contribution in [0.3, 0.4) is 0 Å². The summed E-state index contributed by atoms with van der Waals surface area (Å²) < 4.78 is 0. The van der Waals surface area contributed by atoms with E-state index in [0.29, 0.717) is 5.56 Å². The molecule has 0 radical (unpaired) electrons. The van der Waals surface area contributed by atoms with E-state index in [1.54, 1.807) is 0 Å². The van der Waals surface area contributed by atoms with Crippen LogP contribution in [0, 0.1) is 0 Å². The van der Waals surface area contributed by atoms with Gasteiger partial charge in [-0.15, -0.1) is 11.8 Å². The third-order valence-electron chi connectivity index (χ3n) is 4.29. The van der Waals surface area contributed by atoms with Gasteiger partial charge < -0.3 is 10.2 Å². The van der Waals surface area contributed by atoms with Gasteiger partial charge in [-0.05, 0) is 44.9 Å². The van der Waals surface area contributed by atoms with Gasteiger partial charge in [0.1, 0.15) is 0 Å². The molecule has 0 bridgehead atoms. The first-order chi connectivity index (χ1) is 11.0. The maximum atomic E-state index is 12.9. The second kappa shape index (κ2) is 7.86. The van der Waals surface area contributed by atoms with Gasteiger partial charge in [-0.1, -0.05) is 20.3 Å². The van der Waals surface area contributed by atoms with E-state index in [1.807, 2.05) is 30.0 Å². The molecule has 2 unspecified atom stereocenters. The molecule has 0 fully saturated rings. The Hall–Kier alpha value is -1.49. The molecular weight excluding hydrogens is 308 g/mol. The van der Waals surface area contributed by atoms with Gasteiger partial charge in [0, 0.05) is 23.0 Å². The molecule has 0 saturated carbocycles. The van der Waals surface area contributed by atoms with Crippen molar-refractivity contribution < 1.29 is 9.59 Å². The third kappa shape index (κ3) is 4.08. The SMILES string of the molecule is CCCCN(C(=O)c1ccc2c(c1)NC(=O)C(C)S2)C(C)CC. The minimum Gasteiger partial charge on any atom is -0.336 e. The highest BCUT2D eigenvalue weighted by Crippen LogP contribution is 2.36. The van der Waals surface area contributed by atoms with Crippen LogP contribution in [-0.2, 0) is 4.79 Å². The van der Waals surface area contributed by atoms with Crippen LogP contribution in [0.25, 0.3) is 0 Å². The fraction of sp³-hybridized carbons (Fsp3) is 0.556. The molecule has 126 valence electrons. The van der Waals surface area contributed by atoms with Crippen LogP contribution >= 0.6 is 11.8 Å². The molecule has 1 aromatic rings. The third-order valence-corrected chi connectivity index (χ3v) is 5.47. The van der Waals surface area contributed by atoms with Crippen LogP contribution < -0.4 is 5.32 Å². The van der Waals surface area contributed by atoms with Crippen molar-refractivity contribution in [2.75, 3.05) is 11.9 Å². The average Bonchev–Trinajstić information content (AvgIpc) is 2.55. The summed E-state index contributed by atoms with van der Waals surface area (Å²) in [4.78, 5) is 27.7. The number of carbonyl (C=O) groups is 2. The zero-order valence-corrected chi connectivity index (χ0v) is 15.2. The Morgan fingerprint density at radius 2 is 2.13 bits per heavy atom. The lowest BCUT2D eigenvalue weighted by Gasteiger charge is -2.29. The van der Waals surface area contributed by atoms with E-state index in [4.69, 9.17) is 0 Å². The number of hydrogen-bond donors (Lipinski definition) is 1. The van der Waals surface area contributed by atoms with E-state index in [2.05, 4.69) is 26.1 Å². The highest BCUT2D eigenvalue weighted by molar-refractivity contribution is 8.00. The van der Waals surface area contributed by atoms with E-state index < -0.39 is 0 Å². The molecule has 0 aromatic heterocycles. The molecular formula is C18H26N2O2S. The van der Waals surface area contributed by atoms with Crippen LogP contribution in [0.4, 0.5) is 5.69 Å². The van der Waals surface area contributed by atoms with E-state index in [0.717, 1.165) is 36.4 Å². The molecule has 1 aliphatic heterocycles. The van der Waals surface area contributed by atoms with Crippen molar-refractivity contribution >= 4 is 29.3 Å². The van der Waals surface area contributed by atoms with Gasteiger partial charge >= 0.3 is 0 Å². The standard InChI is InChI=1S/C18H26N2O2S/c1-5-7-10-20(12(3)6-2)18(22)14-8-9-16-15(11-14)19-17(21)13(4)23-16/h8-9,11-13H,5-7,10H2,1-4H3,(H,19,21). The number of amides is 2. The van der Waals surface area contributed by atoms with Crippen molar-refractivity contribution in [1.82, 2.24) is 4.90 Å². The molecule has 5 heteroatoms. The zero-order chi connectivity index (χ0) is 17.0. The van der Waals surface area contributed by atoms with Crippen molar-refractivity contribution in [1.29, 1.82) is 0 Å². The average molecular weight is 334 g/mol. The van der Waals surface area contributed by atoms with E-state index >= 15 is 0 Å². The minimum atomic E-state index is -0.0924. The van der Waals surface area contributed by atoms with Crippen molar-refractivity contribution in [3.8, 4) is 0 Å². The Labute approximate surface area is 143 Å². The van der Waals surface area contributed by atoms with Crippen LogP contribution in [0.15, 0.2) is 23.1 Å². The Morgan fingerprint density at radius 3 is 2.78 bits per heavy atom. The van der Waals surface area contributed by atoms with Gasteiger partial charge in [0.15, 0.2) is 0 Å². The molecule has 0 aliphatic carbocycles. The van der Waals surface area contributed by atoms with Gasteiger partial charge in [-0.3, -0.25) is 9.59 Å². The van der Waals surface area contributed by atoms with Crippen LogP contribution in [-0.4, -0.2) is 34.6 Å². The lowest BCUT2D eigenvalue weighted by atomic mass is 10.1. The van der Waals surface area contributed by atoms with Gasteiger partial charge in [0.05, 0.1) is 10.9 Å². The number of unbranched alkanes of at least 4 members (excludes halogenated alkanes) is 1. The quantitative estimate of drug-likeness (QED) is 0.850. The van der Waals surface area contributed by atoms with Gasteiger partial charge in [0.25, 0.3) is 5.91 Å². The number of nitrogens with one attached hydrogen (secondary N) is 1. The number of anilines is 1. The molecule has 0 spiro atoms. The molecule has 1 aliphatic rings. The molecule has 1 N–H and O–H groups in total. The number of thioether (sulfide) groups is 1. The summed E-state index contributed by atoms with van der Waals surface area (Å²) in [7, 11) is 0. The summed E-state index contributed by atoms with van der Waals surface area (Å²) in [5.74, 6) is 0.0466. The molecule has 4 nitrogen and oxygen atoms in total. The number of carbonyl (C=O) groups excluding carboxylic acids is 2. The van der Waals surface area contributed by atoms with Crippen molar-refractivity contribution in [2.24, 2.45) is 0 Å². The van der Waals surface area contributed by atoms with E-state index in [1.165, 1.54) is 11.8 Å². The summed E-state index contributed by atoms with van der Waals surface area (Å²) >= 11 is 1.54. The number of hydrogen-bond acceptors (Lipinski definition) is 3. The molecule has 2 atom stereocenters. The first kappa shape index (κ1) is 17.9. The summed E-state index contributed by atoms with van der Waals surface area (Å²) in [6.45, 7) is 8.98. The second-order valence-corrected chi connectivity index (χ2v) is 7.45. The van der Waals surface area contributed by atoms with Gasteiger partial charge in [0.2, 0.25) is 5.91 Å². The zero-order valence-electron chi connectivity index (χ0n) is 14.4. The second-order valence-electron chi connectivity index (χ2n) is 6.07. The largest absolute Gasteiger partial charge is 0.336 e. The minimum absolute atomic E-state index is 0.00290. The Balaban J connectivity index is 2.24. The summed E-state index contributed by atoms with van der Waals surface area (Å²) in [5, 5.41) is 2.81. The molecule has 23 heavy (non-hydrogen) atoms. The predicted molar refractivity (Wildman–Crippen MR) is 96.1 cm³/mol. The molecule has 1 heterocycles. The lowest BCUT2D eigenvalue weighted by molar-refractivity contribution is -0.115. The number of benzene rings is 1. The molecule has 1 aromatic carbocycles.